The molecule has 2 rings (SSSR count). The number of benzene rings is 1. The molecule has 5 heteroatoms. The molecule has 0 aliphatic heterocycles. The smallest absolute Gasteiger partial charge is 0.157 e. The summed E-state index contributed by atoms with van der Waals surface area (Å²) in [4.78, 5) is 14.0. The molecular formula is C18H22O3S2. The largest absolute Gasteiger partial charge is 0.299 e. The molecule has 0 radical (unpaired) electrons. The molecule has 2 aromatic rings. The van der Waals surface area contributed by atoms with E-state index in [2.05, 4.69) is 43.3 Å². The molecule has 1 heterocycles. The van der Waals surface area contributed by atoms with Gasteiger partial charge in [-0.2, -0.15) is 0 Å². The van der Waals surface area contributed by atoms with E-state index in [-0.39, 0.29) is 5.78 Å². The lowest BCUT2D eigenvalue weighted by atomic mass is 10.0. The number of carbonyl (C=O) groups is 1. The number of sulfone groups is 1. The molecule has 124 valence electrons. The minimum absolute atomic E-state index is 0.268. The van der Waals surface area contributed by atoms with Crippen molar-refractivity contribution in [3.05, 3.63) is 46.8 Å². The Labute approximate surface area is 142 Å². The van der Waals surface area contributed by atoms with Crippen molar-refractivity contribution >= 4 is 27.0 Å². The van der Waals surface area contributed by atoms with Gasteiger partial charge in [0.15, 0.2) is 9.84 Å². The van der Waals surface area contributed by atoms with Crippen molar-refractivity contribution in [3.63, 3.8) is 0 Å². The Kier molecular flexibility index (Phi) is 5.76. The Hall–Kier alpha value is -1.46. The summed E-state index contributed by atoms with van der Waals surface area (Å²) in [5.41, 5.74) is 2.36. The van der Waals surface area contributed by atoms with E-state index in [9.17, 15) is 13.2 Å². The van der Waals surface area contributed by atoms with E-state index in [1.807, 2.05) is 0 Å². The zero-order valence-electron chi connectivity index (χ0n) is 13.7. The predicted octanol–water partition coefficient (Wildman–Crippen LogP) is 4.05. The summed E-state index contributed by atoms with van der Waals surface area (Å²) in [6.45, 7) is 3.44. The summed E-state index contributed by atoms with van der Waals surface area (Å²) in [5.74, 6) is -0.268. The van der Waals surface area contributed by atoms with E-state index in [0.29, 0.717) is 12.8 Å². The molecular weight excluding hydrogens is 328 g/mol. The molecule has 1 unspecified atom stereocenters. The van der Waals surface area contributed by atoms with Crippen molar-refractivity contribution in [2.45, 2.75) is 38.4 Å². The van der Waals surface area contributed by atoms with Gasteiger partial charge in [0, 0.05) is 16.0 Å². The number of hydrogen-bond acceptors (Lipinski definition) is 4. The Morgan fingerprint density at radius 1 is 1.13 bits per heavy atom. The normalized spacial score (nSPS) is 13.0. The average molecular weight is 351 g/mol. The van der Waals surface area contributed by atoms with E-state index in [1.165, 1.54) is 22.2 Å². The molecule has 0 aliphatic rings. The van der Waals surface area contributed by atoms with Crippen molar-refractivity contribution in [2.75, 3.05) is 6.26 Å². The van der Waals surface area contributed by atoms with Crippen LogP contribution < -0.4 is 0 Å². The van der Waals surface area contributed by atoms with Crippen LogP contribution in [0.3, 0.4) is 0 Å². The predicted molar refractivity (Wildman–Crippen MR) is 96.7 cm³/mol. The van der Waals surface area contributed by atoms with Gasteiger partial charge in [-0.3, -0.25) is 4.79 Å². The minimum Gasteiger partial charge on any atom is -0.299 e. The Morgan fingerprint density at radius 2 is 1.78 bits per heavy atom. The molecule has 0 spiro atoms. The second-order valence-corrected chi connectivity index (χ2v) is 9.44. The van der Waals surface area contributed by atoms with Gasteiger partial charge in [-0.25, -0.2) is 8.42 Å². The van der Waals surface area contributed by atoms with Crippen molar-refractivity contribution in [1.82, 2.24) is 0 Å². The quantitative estimate of drug-likeness (QED) is 0.757. The Balaban J connectivity index is 1.95. The first-order valence-electron chi connectivity index (χ1n) is 7.62. The van der Waals surface area contributed by atoms with Gasteiger partial charge in [0.1, 0.15) is 11.0 Å². The highest BCUT2D eigenvalue weighted by Crippen LogP contribution is 2.28. The highest BCUT2D eigenvalue weighted by molar-refractivity contribution is 7.92. The molecule has 0 aliphatic carbocycles. The van der Waals surface area contributed by atoms with Crippen molar-refractivity contribution in [2.24, 2.45) is 0 Å². The molecule has 1 aromatic carbocycles. The summed E-state index contributed by atoms with van der Waals surface area (Å²) >= 11 is 1.77. The van der Waals surface area contributed by atoms with Crippen LogP contribution in [0.2, 0.25) is 0 Å². The van der Waals surface area contributed by atoms with Crippen LogP contribution in [0.5, 0.6) is 0 Å². The molecule has 0 N–H and O–H groups in total. The maximum Gasteiger partial charge on any atom is 0.157 e. The van der Waals surface area contributed by atoms with Gasteiger partial charge in [0.05, 0.1) is 0 Å². The van der Waals surface area contributed by atoms with Gasteiger partial charge in [-0.15, -0.1) is 11.3 Å². The molecule has 0 saturated carbocycles. The van der Waals surface area contributed by atoms with Gasteiger partial charge in [-0.05, 0) is 56.4 Å². The molecule has 23 heavy (non-hydrogen) atoms. The molecule has 3 nitrogen and oxygen atoms in total. The second-order valence-electron chi connectivity index (χ2n) is 5.93. The second kappa shape index (κ2) is 7.41. The number of carbonyl (C=O) groups excluding carboxylic acids is 1. The van der Waals surface area contributed by atoms with E-state index in [4.69, 9.17) is 0 Å². The standard InChI is InChI=1S/C18H22O3S2/c1-13-7-12-17(22-13)16-10-8-15(9-11-16)5-4-6-18(14(2)19)23(3,20)21/h7-12,18H,4-6H2,1-3H3. The van der Waals surface area contributed by atoms with Crippen LogP contribution in [-0.2, 0) is 21.1 Å². The first kappa shape index (κ1) is 17.9. The molecule has 0 fully saturated rings. The van der Waals surface area contributed by atoms with Crippen LogP contribution in [0, 0.1) is 6.92 Å². The van der Waals surface area contributed by atoms with Crippen LogP contribution >= 0.6 is 11.3 Å². The van der Waals surface area contributed by atoms with Crippen LogP contribution in [0.15, 0.2) is 36.4 Å². The Bertz CT molecular complexity index is 771. The fourth-order valence-corrected chi connectivity index (χ4v) is 4.71. The molecule has 1 aromatic heterocycles. The van der Waals surface area contributed by atoms with Crippen LogP contribution in [0.4, 0.5) is 0 Å². The lowest BCUT2D eigenvalue weighted by molar-refractivity contribution is -0.116. The zero-order valence-corrected chi connectivity index (χ0v) is 15.3. The number of ketones is 1. The highest BCUT2D eigenvalue weighted by atomic mass is 32.2. The third-order valence-corrected chi connectivity index (χ3v) is 6.53. The summed E-state index contributed by atoms with van der Waals surface area (Å²) in [6, 6.07) is 12.6. The monoisotopic (exact) mass is 350 g/mol. The van der Waals surface area contributed by atoms with E-state index in [0.717, 1.165) is 18.2 Å². The van der Waals surface area contributed by atoms with Gasteiger partial charge in [0.2, 0.25) is 0 Å². The third kappa shape index (κ3) is 5.01. The SMILES string of the molecule is CC(=O)C(CCCc1ccc(-c2ccc(C)s2)cc1)S(C)(=O)=O. The van der Waals surface area contributed by atoms with E-state index in [1.54, 1.807) is 11.3 Å². The maximum absolute atomic E-state index is 11.6. The van der Waals surface area contributed by atoms with Crippen molar-refractivity contribution in [1.29, 1.82) is 0 Å². The molecule has 0 saturated heterocycles. The van der Waals surface area contributed by atoms with Gasteiger partial charge < -0.3 is 0 Å². The molecule has 0 amide bonds. The van der Waals surface area contributed by atoms with E-state index < -0.39 is 15.1 Å². The number of aryl methyl sites for hydroxylation is 2. The average Bonchev–Trinajstić information content (AvgIpc) is 2.89. The van der Waals surface area contributed by atoms with Gasteiger partial charge >= 0.3 is 0 Å². The summed E-state index contributed by atoms with van der Waals surface area (Å²) in [5, 5.41) is -0.865. The summed E-state index contributed by atoms with van der Waals surface area (Å²) < 4.78 is 23.2. The molecule has 1 atom stereocenters. The van der Waals surface area contributed by atoms with E-state index >= 15 is 0 Å². The van der Waals surface area contributed by atoms with Crippen molar-refractivity contribution < 1.29 is 13.2 Å². The number of thiophene rings is 1. The summed E-state index contributed by atoms with van der Waals surface area (Å²) in [7, 11) is -3.31. The van der Waals surface area contributed by atoms with Gasteiger partial charge in [-0.1, -0.05) is 24.3 Å². The fraction of sp³-hybridized carbons (Fsp3) is 0.389. The first-order chi connectivity index (χ1) is 10.8. The van der Waals surface area contributed by atoms with Crippen LogP contribution in [0.1, 0.15) is 30.2 Å². The number of Topliss-reactive ketones (excluding diaryl/α,β-unsaturated/α-hetero) is 1. The summed E-state index contributed by atoms with van der Waals surface area (Å²) in [6.07, 6.45) is 2.99. The van der Waals surface area contributed by atoms with Crippen LogP contribution in [-0.4, -0.2) is 25.7 Å². The Morgan fingerprint density at radius 3 is 2.26 bits per heavy atom. The van der Waals surface area contributed by atoms with Crippen LogP contribution in [0.25, 0.3) is 10.4 Å². The maximum atomic E-state index is 11.6. The molecule has 0 bridgehead atoms. The fourth-order valence-electron chi connectivity index (χ4n) is 2.64. The minimum atomic E-state index is -3.31. The lowest BCUT2D eigenvalue weighted by Gasteiger charge is -2.11. The first-order valence-corrected chi connectivity index (χ1v) is 10.4. The number of rotatable bonds is 7. The zero-order chi connectivity index (χ0) is 17.0. The van der Waals surface area contributed by atoms with Crippen molar-refractivity contribution in [3.8, 4) is 10.4 Å². The van der Waals surface area contributed by atoms with Gasteiger partial charge in [0.25, 0.3) is 0 Å². The number of hydrogen-bond donors (Lipinski definition) is 0. The third-order valence-electron chi connectivity index (χ3n) is 3.88. The lowest BCUT2D eigenvalue weighted by Crippen LogP contribution is -2.27. The highest BCUT2D eigenvalue weighted by Gasteiger charge is 2.24. The topological polar surface area (TPSA) is 51.2 Å².